The molecule has 0 radical (unpaired) electrons. The van der Waals surface area contributed by atoms with Crippen molar-refractivity contribution in [3.63, 3.8) is 0 Å². The Hall–Kier alpha value is -1.97. The smallest absolute Gasteiger partial charge is 0.270 e. The van der Waals surface area contributed by atoms with Gasteiger partial charge in [0.2, 0.25) is 15.9 Å². The van der Waals surface area contributed by atoms with E-state index in [1.807, 2.05) is 6.92 Å². The number of benzene rings is 2. The van der Waals surface area contributed by atoms with Crippen LogP contribution in [0.5, 0.6) is 11.5 Å². The Morgan fingerprint density at radius 3 is 2.29 bits per heavy atom. The Kier molecular flexibility index (Phi) is 9.12. The Morgan fingerprint density at radius 2 is 1.74 bits per heavy atom. The lowest BCUT2D eigenvalue weighted by molar-refractivity contribution is -0.123. The average Bonchev–Trinajstić information content (AvgIpc) is 3.07. The van der Waals surface area contributed by atoms with E-state index in [1.165, 1.54) is 16.7 Å². The lowest BCUT2D eigenvalue weighted by Gasteiger charge is -2.26. The second-order valence-corrected chi connectivity index (χ2v) is 11.0. The molecule has 0 aromatic heterocycles. The van der Waals surface area contributed by atoms with Crippen molar-refractivity contribution in [2.45, 2.75) is 30.3 Å². The van der Waals surface area contributed by atoms with Gasteiger partial charge in [-0.25, -0.2) is 0 Å². The van der Waals surface area contributed by atoms with Crippen molar-refractivity contribution in [2.24, 2.45) is 0 Å². The normalized spacial score (nSPS) is 16.0. The Morgan fingerprint density at radius 1 is 1.12 bits per heavy atom. The first-order valence-corrected chi connectivity index (χ1v) is 12.6. The van der Waals surface area contributed by atoms with Gasteiger partial charge in [0.1, 0.15) is 11.5 Å². The molecule has 2 aromatic rings. The highest BCUT2D eigenvalue weighted by atomic mass is 35.6. The molecule has 6 nitrogen and oxygen atoms in total. The number of thioether (sulfide) groups is 1. The van der Waals surface area contributed by atoms with Crippen molar-refractivity contribution in [1.29, 1.82) is 0 Å². The number of hydrogen-bond acceptors (Lipinski definition) is 6. The summed E-state index contributed by atoms with van der Waals surface area (Å²) in [6.45, 7) is 4.15. The molecule has 0 aliphatic carbocycles. The van der Waals surface area contributed by atoms with Crippen LogP contribution < -0.4 is 19.7 Å². The molecule has 1 atom stereocenters. The van der Waals surface area contributed by atoms with Gasteiger partial charge < -0.3 is 14.8 Å². The van der Waals surface area contributed by atoms with Gasteiger partial charge in [-0.1, -0.05) is 77.8 Å². The van der Waals surface area contributed by atoms with Crippen LogP contribution in [-0.4, -0.2) is 32.8 Å². The molecule has 0 saturated carbocycles. The number of amides is 2. The second-order valence-electron chi connectivity index (χ2n) is 6.97. The van der Waals surface area contributed by atoms with Gasteiger partial charge in [-0.05, 0) is 55.0 Å². The summed E-state index contributed by atoms with van der Waals surface area (Å²) in [4.78, 5) is 26.7. The summed E-state index contributed by atoms with van der Waals surface area (Å²) in [6.07, 6.45) is 0.790. The van der Waals surface area contributed by atoms with Crippen molar-refractivity contribution < 1.29 is 19.1 Å². The van der Waals surface area contributed by atoms with Crippen LogP contribution >= 0.6 is 58.8 Å². The van der Waals surface area contributed by atoms with Crippen LogP contribution in [0, 0.1) is 0 Å². The summed E-state index contributed by atoms with van der Waals surface area (Å²) in [5.74, 6) is 0.577. The molecule has 180 valence electrons. The van der Waals surface area contributed by atoms with Crippen molar-refractivity contribution in [1.82, 2.24) is 5.32 Å². The third kappa shape index (κ3) is 6.79. The van der Waals surface area contributed by atoms with Crippen LogP contribution in [0.2, 0.25) is 0 Å². The monoisotopic (exact) mass is 558 g/mol. The fraction of sp³-hybridized carbons (Fsp3) is 0.261. The van der Waals surface area contributed by atoms with Crippen LogP contribution in [0.25, 0.3) is 6.08 Å². The van der Waals surface area contributed by atoms with E-state index in [-0.39, 0.29) is 18.2 Å². The first kappa shape index (κ1) is 26.6. The lowest BCUT2D eigenvalue weighted by atomic mass is 10.2. The molecule has 0 spiro atoms. The zero-order valence-electron chi connectivity index (χ0n) is 18.2. The van der Waals surface area contributed by atoms with Gasteiger partial charge in [0.25, 0.3) is 5.91 Å². The third-order valence-corrected chi connectivity index (χ3v) is 6.44. The van der Waals surface area contributed by atoms with Crippen molar-refractivity contribution >= 4 is 86.7 Å². The van der Waals surface area contributed by atoms with Crippen LogP contribution in [0.4, 0.5) is 5.69 Å². The lowest BCUT2D eigenvalue weighted by Crippen LogP contribution is -2.47. The van der Waals surface area contributed by atoms with Crippen molar-refractivity contribution in [3.05, 3.63) is 59.0 Å². The number of ether oxygens (including phenoxy) is 2. The molecule has 0 bridgehead atoms. The molecule has 1 unspecified atom stereocenters. The van der Waals surface area contributed by atoms with Crippen LogP contribution in [0.15, 0.2) is 53.4 Å². The second kappa shape index (κ2) is 11.6. The van der Waals surface area contributed by atoms with Crippen LogP contribution in [0.3, 0.4) is 0 Å². The maximum Gasteiger partial charge on any atom is 0.270 e. The molecular weight excluding hydrogens is 539 g/mol. The summed E-state index contributed by atoms with van der Waals surface area (Å²) in [7, 11) is 0. The molecule has 1 saturated heterocycles. The fourth-order valence-electron chi connectivity index (χ4n) is 2.90. The van der Waals surface area contributed by atoms with Gasteiger partial charge in [-0.15, -0.1) is 0 Å². The zero-order valence-corrected chi connectivity index (χ0v) is 22.1. The SMILES string of the molecule is CCOc1ccc(N2C(=O)/C(=C\c3ccc(OC(NC(=O)CC)C(Cl)(Cl)Cl)cc3)SC2=S)cc1. The summed E-state index contributed by atoms with van der Waals surface area (Å²) in [6, 6.07) is 14.0. The zero-order chi connectivity index (χ0) is 24.9. The molecule has 1 fully saturated rings. The topological polar surface area (TPSA) is 67.9 Å². The van der Waals surface area contributed by atoms with Gasteiger partial charge >= 0.3 is 0 Å². The van der Waals surface area contributed by atoms with E-state index in [9.17, 15) is 9.59 Å². The molecule has 2 aromatic carbocycles. The summed E-state index contributed by atoms with van der Waals surface area (Å²) < 4.78 is 9.68. The van der Waals surface area contributed by atoms with Gasteiger partial charge in [-0.2, -0.15) is 0 Å². The van der Waals surface area contributed by atoms with Gasteiger partial charge in [-0.3, -0.25) is 14.5 Å². The summed E-state index contributed by atoms with van der Waals surface area (Å²) in [5, 5.41) is 2.53. The van der Waals surface area contributed by atoms with E-state index in [1.54, 1.807) is 61.5 Å². The fourth-order valence-corrected chi connectivity index (χ4v) is 4.50. The number of nitrogens with one attached hydrogen (secondary N) is 1. The maximum atomic E-state index is 13.0. The highest BCUT2D eigenvalue weighted by Gasteiger charge is 2.36. The minimum atomic E-state index is -1.86. The predicted molar refractivity (Wildman–Crippen MR) is 143 cm³/mol. The van der Waals surface area contributed by atoms with Crippen molar-refractivity contribution in [2.75, 3.05) is 11.5 Å². The molecule has 1 aliphatic rings. The van der Waals surface area contributed by atoms with Crippen LogP contribution in [-0.2, 0) is 9.59 Å². The minimum Gasteiger partial charge on any atom is -0.494 e. The van der Waals surface area contributed by atoms with Crippen LogP contribution in [0.1, 0.15) is 25.8 Å². The van der Waals surface area contributed by atoms with E-state index in [0.717, 1.165) is 11.3 Å². The van der Waals surface area contributed by atoms with E-state index in [2.05, 4.69) is 5.32 Å². The molecular formula is C23H21Cl3N2O4S2. The van der Waals surface area contributed by atoms with Gasteiger partial charge in [0.05, 0.1) is 17.2 Å². The quantitative estimate of drug-likeness (QED) is 0.183. The number of anilines is 1. The number of rotatable bonds is 8. The van der Waals surface area contributed by atoms with Crippen molar-refractivity contribution in [3.8, 4) is 11.5 Å². The maximum absolute atomic E-state index is 13.0. The molecule has 2 amide bonds. The first-order chi connectivity index (χ1) is 16.1. The van der Waals surface area contributed by atoms with Gasteiger partial charge in [0.15, 0.2) is 4.32 Å². The molecule has 1 N–H and O–H groups in total. The molecule has 1 heterocycles. The first-order valence-electron chi connectivity index (χ1n) is 10.3. The average molecular weight is 560 g/mol. The number of alkyl halides is 3. The number of hydrogen-bond donors (Lipinski definition) is 1. The number of nitrogens with zero attached hydrogens (tertiary/aromatic N) is 1. The predicted octanol–water partition coefficient (Wildman–Crippen LogP) is 6.09. The number of thiocarbonyl (C=S) groups is 1. The van der Waals surface area contributed by atoms with E-state index >= 15 is 0 Å². The minimum absolute atomic E-state index is 0.210. The molecule has 34 heavy (non-hydrogen) atoms. The highest BCUT2D eigenvalue weighted by molar-refractivity contribution is 8.27. The highest BCUT2D eigenvalue weighted by Crippen LogP contribution is 2.37. The van der Waals surface area contributed by atoms with Gasteiger partial charge in [0, 0.05) is 6.42 Å². The molecule has 1 aliphatic heterocycles. The molecule has 11 heteroatoms. The summed E-state index contributed by atoms with van der Waals surface area (Å²) in [5.41, 5.74) is 1.42. The number of carbonyl (C=O) groups is 2. The van der Waals surface area contributed by atoms with E-state index < -0.39 is 10.0 Å². The number of halogens is 3. The van der Waals surface area contributed by atoms with E-state index in [0.29, 0.717) is 27.3 Å². The Balaban J connectivity index is 1.73. The standard InChI is InChI=1S/C23H21Cl3N2O4S2/c1-3-19(29)27-21(23(24,25)26)32-17-9-5-14(6-10-17)13-18-20(30)28(22(33)34-18)15-7-11-16(12-8-15)31-4-2/h5-13,21H,3-4H2,1-2H3,(H,27,29)/b18-13+. The Labute approximate surface area is 222 Å². The Bertz CT molecular complexity index is 1090. The largest absolute Gasteiger partial charge is 0.494 e. The molecule has 3 rings (SSSR count). The number of carbonyl (C=O) groups excluding carboxylic acids is 2. The third-order valence-electron chi connectivity index (χ3n) is 4.54. The summed E-state index contributed by atoms with van der Waals surface area (Å²) >= 11 is 24.4. The van der Waals surface area contributed by atoms with E-state index in [4.69, 9.17) is 56.5 Å².